The van der Waals surface area contributed by atoms with Gasteiger partial charge in [0, 0.05) is 31.9 Å². The summed E-state index contributed by atoms with van der Waals surface area (Å²) < 4.78 is 0. The van der Waals surface area contributed by atoms with Crippen molar-refractivity contribution in [3.63, 3.8) is 0 Å². The molecule has 0 aliphatic rings. The van der Waals surface area contributed by atoms with Crippen LogP contribution in [0.5, 0.6) is 0 Å². The fourth-order valence-corrected chi connectivity index (χ4v) is 1.84. The zero-order valence-corrected chi connectivity index (χ0v) is 11.7. The average molecular weight is 251 g/mol. The van der Waals surface area contributed by atoms with E-state index in [1.807, 2.05) is 6.20 Å². The van der Waals surface area contributed by atoms with Crippen LogP contribution >= 0.6 is 0 Å². The first-order chi connectivity index (χ1) is 8.69. The van der Waals surface area contributed by atoms with Crippen LogP contribution in [0, 0.1) is 0 Å². The molecule has 1 heterocycles. The Morgan fingerprint density at radius 1 is 1.39 bits per heavy atom. The number of rotatable bonds is 8. The van der Waals surface area contributed by atoms with E-state index in [2.05, 4.69) is 48.1 Å². The number of nitrogens with one attached hydrogen (secondary N) is 1. The van der Waals surface area contributed by atoms with Gasteiger partial charge in [0.25, 0.3) is 0 Å². The van der Waals surface area contributed by atoms with Gasteiger partial charge in [0.1, 0.15) is 5.82 Å². The van der Waals surface area contributed by atoms with Gasteiger partial charge in [-0.2, -0.15) is 0 Å². The highest BCUT2D eigenvalue weighted by Gasteiger charge is 2.10. The molecule has 0 unspecified atom stereocenters. The Morgan fingerprint density at radius 2 is 2.17 bits per heavy atom. The van der Waals surface area contributed by atoms with Crippen LogP contribution in [0.1, 0.15) is 32.8 Å². The Labute approximate surface area is 110 Å². The van der Waals surface area contributed by atoms with Gasteiger partial charge in [-0.3, -0.25) is 0 Å². The van der Waals surface area contributed by atoms with Crippen molar-refractivity contribution in [3.8, 4) is 0 Å². The fourth-order valence-electron chi connectivity index (χ4n) is 1.84. The van der Waals surface area contributed by atoms with Gasteiger partial charge in [-0.25, -0.2) is 4.98 Å². The molecule has 0 spiro atoms. The lowest BCUT2D eigenvalue weighted by molar-refractivity contribution is 0.288. The van der Waals surface area contributed by atoms with Crippen molar-refractivity contribution in [1.82, 2.24) is 10.3 Å². The maximum Gasteiger partial charge on any atom is 0.128 e. The molecule has 1 aromatic rings. The standard InChI is InChI=1S/C14H25N3O/c1-4-15-10-13-6-7-14(16-11-13)17(12(2)3)8-5-9-18/h6-7,11-12,15,18H,4-5,8-10H2,1-3H3. The molecule has 102 valence electrons. The van der Waals surface area contributed by atoms with Crippen LogP contribution in [0.2, 0.25) is 0 Å². The van der Waals surface area contributed by atoms with E-state index in [0.29, 0.717) is 6.04 Å². The van der Waals surface area contributed by atoms with Crippen LogP contribution in [0.4, 0.5) is 5.82 Å². The average Bonchev–Trinajstić information content (AvgIpc) is 2.38. The summed E-state index contributed by atoms with van der Waals surface area (Å²) in [6.07, 6.45) is 2.70. The third kappa shape index (κ3) is 4.63. The molecule has 18 heavy (non-hydrogen) atoms. The van der Waals surface area contributed by atoms with Crippen LogP contribution in [-0.2, 0) is 6.54 Å². The maximum absolute atomic E-state index is 8.93. The molecular formula is C14H25N3O. The van der Waals surface area contributed by atoms with Gasteiger partial charge in [0.05, 0.1) is 0 Å². The minimum absolute atomic E-state index is 0.224. The Bertz CT molecular complexity index is 324. The number of anilines is 1. The monoisotopic (exact) mass is 251 g/mol. The highest BCUT2D eigenvalue weighted by atomic mass is 16.3. The van der Waals surface area contributed by atoms with Crippen molar-refractivity contribution < 1.29 is 5.11 Å². The first-order valence-electron chi connectivity index (χ1n) is 6.72. The van der Waals surface area contributed by atoms with Crippen molar-refractivity contribution >= 4 is 5.82 Å². The normalized spacial score (nSPS) is 10.9. The Balaban J connectivity index is 2.67. The third-order valence-electron chi connectivity index (χ3n) is 2.86. The van der Waals surface area contributed by atoms with Gasteiger partial charge in [-0.1, -0.05) is 13.0 Å². The van der Waals surface area contributed by atoms with E-state index < -0.39 is 0 Å². The highest BCUT2D eigenvalue weighted by molar-refractivity contribution is 5.40. The van der Waals surface area contributed by atoms with E-state index >= 15 is 0 Å². The molecule has 0 aliphatic carbocycles. The van der Waals surface area contributed by atoms with E-state index in [1.165, 1.54) is 5.56 Å². The van der Waals surface area contributed by atoms with Crippen LogP contribution in [-0.4, -0.2) is 35.8 Å². The molecule has 1 rings (SSSR count). The summed E-state index contributed by atoms with van der Waals surface area (Å²) in [5.41, 5.74) is 1.20. The first kappa shape index (κ1) is 14.9. The lowest BCUT2D eigenvalue weighted by Gasteiger charge is -2.27. The van der Waals surface area contributed by atoms with Gasteiger partial charge in [0.15, 0.2) is 0 Å². The topological polar surface area (TPSA) is 48.4 Å². The first-order valence-corrected chi connectivity index (χ1v) is 6.72. The molecule has 0 atom stereocenters. The van der Waals surface area contributed by atoms with E-state index in [4.69, 9.17) is 5.11 Å². The summed E-state index contributed by atoms with van der Waals surface area (Å²) in [5.74, 6) is 0.985. The minimum Gasteiger partial charge on any atom is -0.396 e. The summed E-state index contributed by atoms with van der Waals surface area (Å²) in [6, 6.07) is 4.56. The van der Waals surface area contributed by atoms with Crippen molar-refractivity contribution in [3.05, 3.63) is 23.9 Å². The number of nitrogens with zero attached hydrogens (tertiary/aromatic N) is 2. The van der Waals surface area contributed by atoms with Crippen LogP contribution < -0.4 is 10.2 Å². The SMILES string of the molecule is CCNCc1ccc(N(CCCO)C(C)C)nc1. The number of aliphatic hydroxyl groups is 1. The number of aliphatic hydroxyl groups excluding tert-OH is 1. The van der Waals surface area contributed by atoms with Gasteiger partial charge >= 0.3 is 0 Å². The van der Waals surface area contributed by atoms with Crippen molar-refractivity contribution in [2.75, 3.05) is 24.6 Å². The molecule has 0 amide bonds. The summed E-state index contributed by atoms with van der Waals surface area (Å²) in [6.45, 7) is 9.28. The molecule has 2 N–H and O–H groups in total. The molecule has 4 heteroatoms. The molecule has 0 saturated carbocycles. The van der Waals surface area contributed by atoms with E-state index in [-0.39, 0.29) is 6.61 Å². The Kier molecular flexibility index (Phi) is 6.68. The van der Waals surface area contributed by atoms with Gasteiger partial charge < -0.3 is 15.3 Å². The second-order valence-electron chi connectivity index (χ2n) is 4.67. The smallest absolute Gasteiger partial charge is 0.128 e. The van der Waals surface area contributed by atoms with Gasteiger partial charge in [-0.15, -0.1) is 0 Å². The largest absolute Gasteiger partial charge is 0.396 e. The molecular weight excluding hydrogens is 226 g/mol. The zero-order valence-electron chi connectivity index (χ0n) is 11.7. The Hall–Kier alpha value is -1.13. The number of hydrogen-bond donors (Lipinski definition) is 2. The molecule has 0 radical (unpaired) electrons. The number of hydrogen-bond acceptors (Lipinski definition) is 4. The molecule has 0 aromatic carbocycles. The summed E-state index contributed by atoms with van der Waals surface area (Å²) in [4.78, 5) is 6.73. The van der Waals surface area contributed by atoms with E-state index in [0.717, 1.165) is 31.9 Å². The lowest BCUT2D eigenvalue weighted by atomic mass is 10.2. The summed E-state index contributed by atoms with van der Waals surface area (Å²) in [7, 11) is 0. The predicted octanol–water partition coefficient (Wildman–Crippen LogP) is 1.79. The zero-order chi connectivity index (χ0) is 13.4. The lowest BCUT2D eigenvalue weighted by Crippen LogP contribution is -2.32. The van der Waals surface area contributed by atoms with Gasteiger partial charge in [0.2, 0.25) is 0 Å². The molecule has 4 nitrogen and oxygen atoms in total. The maximum atomic E-state index is 8.93. The fraction of sp³-hybridized carbons (Fsp3) is 0.643. The van der Waals surface area contributed by atoms with Crippen molar-refractivity contribution in [2.24, 2.45) is 0 Å². The Morgan fingerprint density at radius 3 is 2.67 bits per heavy atom. The molecule has 1 aromatic heterocycles. The van der Waals surface area contributed by atoms with Crippen LogP contribution in [0.25, 0.3) is 0 Å². The highest BCUT2D eigenvalue weighted by Crippen LogP contribution is 2.14. The number of aromatic nitrogens is 1. The summed E-state index contributed by atoms with van der Waals surface area (Å²) >= 11 is 0. The predicted molar refractivity (Wildman–Crippen MR) is 75.8 cm³/mol. The molecule has 0 aliphatic heterocycles. The summed E-state index contributed by atoms with van der Waals surface area (Å²) in [5, 5.41) is 12.2. The van der Waals surface area contributed by atoms with Gasteiger partial charge in [-0.05, 0) is 38.4 Å². The quantitative estimate of drug-likeness (QED) is 0.739. The molecule has 0 fully saturated rings. The number of pyridine rings is 1. The van der Waals surface area contributed by atoms with Crippen molar-refractivity contribution in [2.45, 2.75) is 39.8 Å². The van der Waals surface area contributed by atoms with E-state index in [1.54, 1.807) is 0 Å². The molecule has 0 bridgehead atoms. The second kappa shape index (κ2) is 8.06. The van der Waals surface area contributed by atoms with Crippen LogP contribution in [0.3, 0.4) is 0 Å². The van der Waals surface area contributed by atoms with Crippen molar-refractivity contribution in [1.29, 1.82) is 0 Å². The minimum atomic E-state index is 0.224. The molecule has 0 saturated heterocycles. The second-order valence-corrected chi connectivity index (χ2v) is 4.67. The van der Waals surface area contributed by atoms with Crippen LogP contribution in [0.15, 0.2) is 18.3 Å². The third-order valence-corrected chi connectivity index (χ3v) is 2.86. The van der Waals surface area contributed by atoms with E-state index in [9.17, 15) is 0 Å².